The van der Waals surface area contributed by atoms with Crippen LogP contribution in [0.15, 0.2) is 88.9 Å². The molecule has 4 atom stereocenters. The summed E-state index contributed by atoms with van der Waals surface area (Å²) in [5.74, 6) is -2.49. The van der Waals surface area contributed by atoms with Crippen LogP contribution >= 0.6 is 0 Å². The molecule has 2 aromatic rings. The summed E-state index contributed by atoms with van der Waals surface area (Å²) in [4.78, 5) is 37.3. The summed E-state index contributed by atoms with van der Waals surface area (Å²) in [5.41, 5.74) is 2.81. The number of hydrogen-bond donors (Lipinski definition) is 3. The molecule has 0 unspecified atom stereocenters. The van der Waals surface area contributed by atoms with E-state index in [9.17, 15) is 33.0 Å². The highest BCUT2D eigenvalue weighted by molar-refractivity contribution is 7.92. The fourth-order valence-corrected chi connectivity index (χ4v) is 8.66. The van der Waals surface area contributed by atoms with Gasteiger partial charge in [-0.2, -0.15) is 0 Å². The average molecular weight is 676 g/mol. The minimum Gasteiger partial charge on any atom is -0.481 e. The zero-order valence-electron chi connectivity index (χ0n) is 27.7. The Labute approximate surface area is 282 Å². The zero-order chi connectivity index (χ0) is 34.6. The Morgan fingerprint density at radius 2 is 1.60 bits per heavy atom. The van der Waals surface area contributed by atoms with Crippen LogP contribution in [0.1, 0.15) is 74.7 Å². The number of allylic oxidation sites excluding steroid dienone is 5. The molecule has 0 bridgehead atoms. The third-order valence-corrected chi connectivity index (χ3v) is 11.8. The Kier molecular flexibility index (Phi) is 10.6. The number of esters is 1. The molecule has 0 radical (unpaired) electrons. The molecule has 3 aliphatic carbocycles. The average Bonchev–Trinajstić information content (AvgIpc) is 3.04. The lowest BCUT2D eigenvalue weighted by Gasteiger charge is -2.46. The van der Waals surface area contributed by atoms with Crippen LogP contribution in [0.3, 0.4) is 0 Å². The summed E-state index contributed by atoms with van der Waals surface area (Å²) in [6.45, 7) is 6.14. The van der Waals surface area contributed by atoms with Gasteiger partial charge in [0.05, 0.1) is 28.4 Å². The number of carboxylic acids is 2. The van der Waals surface area contributed by atoms with Gasteiger partial charge in [-0.05, 0) is 120 Å². The molecule has 0 saturated heterocycles. The molecule has 48 heavy (non-hydrogen) atoms. The highest BCUT2D eigenvalue weighted by Gasteiger charge is 2.52. The minimum atomic E-state index is -3.76. The highest BCUT2D eigenvalue weighted by Crippen LogP contribution is 2.53. The lowest BCUT2D eigenvalue weighted by molar-refractivity contribution is -0.152. The molecule has 0 amide bonds. The van der Waals surface area contributed by atoms with Gasteiger partial charge in [0, 0.05) is 11.6 Å². The first-order valence-electron chi connectivity index (χ1n) is 16.7. The van der Waals surface area contributed by atoms with Gasteiger partial charge in [0.15, 0.2) is 0 Å². The molecule has 3 N–H and O–H groups in total. The number of carbonyl (C=O) groups excluding carboxylic acids is 1. The molecule has 256 valence electrons. The molecule has 0 heterocycles. The van der Waals surface area contributed by atoms with E-state index in [0.29, 0.717) is 43.4 Å². The second-order valence-electron chi connectivity index (χ2n) is 13.8. The van der Waals surface area contributed by atoms with Crippen molar-refractivity contribution in [2.24, 2.45) is 35.0 Å². The van der Waals surface area contributed by atoms with E-state index in [-0.39, 0.29) is 41.1 Å². The van der Waals surface area contributed by atoms with Crippen LogP contribution < -0.4 is 4.72 Å². The number of anilines is 1. The lowest BCUT2D eigenvalue weighted by atomic mass is 9.56. The first kappa shape index (κ1) is 35.1. The number of carbonyl (C=O) groups is 3. The number of aryl methyl sites for hydroxylation is 1. The fraction of sp³-hybridized carbons (Fsp3) is 0.447. The molecular formula is C38H45NO8S. The number of sulfonamides is 1. The number of ether oxygens (including phenoxy) is 1. The molecule has 3 aliphatic rings. The van der Waals surface area contributed by atoms with Crippen molar-refractivity contribution in [3.8, 4) is 0 Å². The van der Waals surface area contributed by atoms with E-state index in [4.69, 9.17) is 4.74 Å². The summed E-state index contributed by atoms with van der Waals surface area (Å²) in [6, 6.07) is 12.6. The zero-order valence-corrected chi connectivity index (χ0v) is 28.5. The van der Waals surface area contributed by atoms with Gasteiger partial charge in [-0.25, -0.2) is 13.2 Å². The first-order valence-corrected chi connectivity index (χ1v) is 18.1. The Morgan fingerprint density at radius 1 is 0.958 bits per heavy atom. The Hall–Kier alpha value is -4.18. The van der Waals surface area contributed by atoms with Crippen LogP contribution in [-0.4, -0.2) is 43.1 Å². The second kappa shape index (κ2) is 14.5. The maximum atomic E-state index is 13.0. The van der Waals surface area contributed by atoms with Gasteiger partial charge in [0.25, 0.3) is 10.0 Å². The quantitative estimate of drug-likeness (QED) is 0.165. The molecule has 5 rings (SSSR count). The Morgan fingerprint density at radius 3 is 2.23 bits per heavy atom. The van der Waals surface area contributed by atoms with Gasteiger partial charge in [-0.3, -0.25) is 14.3 Å². The van der Waals surface area contributed by atoms with Crippen LogP contribution in [0.2, 0.25) is 0 Å². The summed E-state index contributed by atoms with van der Waals surface area (Å²) >= 11 is 0. The summed E-state index contributed by atoms with van der Waals surface area (Å²) in [5, 5.41) is 20.0. The van der Waals surface area contributed by atoms with Crippen molar-refractivity contribution in [3.05, 3.63) is 95.1 Å². The molecule has 1 fully saturated rings. The monoisotopic (exact) mass is 675 g/mol. The predicted octanol–water partition coefficient (Wildman–Crippen LogP) is 7.41. The minimum absolute atomic E-state index is 0.0526. The smallest absolute Gasteiger partial charge is 0.338 e. The van der Waals surface area contributed by atoms with Gasteiger partial charge in [0.1, 0.15) is 0 Å². The molecular weight excluding hydrogens is 630 g/mol. The summed E-state index contributed by atoms with van der Waals surface area (Å²) < 4.78 is 33.4. The standard InChI is InChI=1S/C38H45NO8S/c1-24-4-14-34(15-5-24)48(45,46)39-33-12-10-30(11-13-33)36(42)47-19-17-27-16-18-38(37(43)44)31(20-25(2)21-32(38)23-27)22-26(3)28-6-8-29(9-7-28)35(40)41/h4-5,10-16,18,20,22,27-29,31-32,39H,6-9,17,19,21,23H2,1-3H3,(H,40,41)(H,43,44)/b26-22+/t27-,28?,29?,31-,32-,38+/m1/s1. The summed E-state index contributed by atoms with van der Waals surface area (Å²) in [7, 11) is -3.76. The number of carboxylic acid groups (broad SMARTS) is 2. The Balaban J connectivity index is 1.19. The van der Waals surface area contributed by atoms with Crippen molar-refractivity contribution in [1.29, 1.82) is 0 Å². The van der Waals surface area contributed by atoms with Gasteiger partial charge in [-0.1, -0.05) is 53.1 Å². The molecule has 10 heteroatoms. The highest BCUT2D eigenvalue weighted by atomic mass is 32.2. The largest absolute Gasteiger partial charge is 0.481 e. The third-order valence-electron chi connectivity index (χ3n) is 10.5. The van der Waals surface area contributed by atoms with E-state index < -0.39 is 33.3 Å². The lowest BCUT2D eigenvalue weighted by Crippen LogP contribution is -2.47. The Bertz CT molecular complexity index is 1720. The van der Waals surface area contributed by atoms with Crippen molar-refractivity contribution in [1.82, 2.24) is 0 Å². The van der Waals surface area contributed by atoms with Crippen LogP contribution in [0.25, 0.3) is 0 Å². The van der Waals surface area contributed by atoms with Gasteiger partial charge in [0.2, 0.25) is 0 Å². The number of rotatable bonds is 11. The van der Waals surface area contributed by atoms with Crippen LogP contribution in [0.5, 0.6) is 0 Å². The van der Waals surface area contributed by atoms with E-state index in [1.165, 1.54) is 36.4 Å². The molecule has 9 nitrogen and oxygen atoms in total. The molecule has 0 aromatic heterocycles. The van der Waals surface area contributed by atoms with Crippen molar-refractivity contribution in [2.45, 2.75) is 70.6 Å². The number of hydrogen-bond acceptors (Lipinski definition) is 6. The number of fused-ring (bicyclic) bond motifs is 1. The third kappa shape index (κ3) is 7.75. The summed E-state index contributed by atoms with van der Waals surface area (Å²) in [6.07, 6.45) is 12.8. The van der Waals surface area contributed by atoms with Crippen molar-refractivity contribution < 1.29 is 37.8 Å². The van der Waals surface area contributed by atoms with Crippen LogP contribution in [-0.2, 0) is 24.3 Å². The second-order valence-corrected chi connectivity index (χ2v) is 15.4. The van der Waals surface area contributed by atoms with Crippen LogP contribution in [0.4, 0.5) is 5.69 Å². The predicted molar refractivity (Wildman–Crippen MR) is 183 cm³/mol. The van der Waals surface area contributed by atoms with Gasteiger partial charge >= 0.3 is 17.9 Å². The van der Waals surface area contributed by atoms with E-state index in [0.717, 1.165) is 29.6 Å². The topological polar surface area (TPSA) is 147 Å². The van der Waals surface area contributed by atoms with Crippen molar-refractivity contribution in [3.63, 3.8) is 0 Å². The molecule has 2 aromatic carbocycles. The van der Waals surface area contributed by atoms with E-state index in [1.54, 1.807) is 12.1 Å². The number of benzene rings is 2. The van der Waals surface area contributed by atoms with E-state index in [2.05, 4.69) is 23.8 Å². The first-order chi connectivity index (χ1) is 22.8. The normalized spacial score (nSPS) is 27.4. The van der Waals surface area contributed by atoms with Crippen molar-refractivity contribution in [2.75, 3.05) is 11.3 Å². The number of nitrogens with one attached hydrogen (secondary N) is 1. The SMILES string of the molecule is CC1=C[C@H](/C=C(\C)C2CCC(C(=O)O)CC2)[C@@]2(C(=O)O)C=C[C@H](CCOC(=O)c3ccc(NS(=O)(=O)c4ccc(C)cc4)cc3)C[C@H]2C1. The van der Waals surface area contributed by atoms with Gasteiger partial charge in [-0.15, -0.1) is 0 Å². The van der Waals surface area contributed by atoms with Crippen LogP contribution in [0, 0.1) is 41.9 Å². The molecule has 1 saturated carbocycles. The van der Waals surface area contributed by atoms with E-state index in [1.807, 2.05) is 26.0 Å². The molecule has 0 aliphatic heterocycles. The number of aliphatic carboxylic acids is 2. The fourth-order valence-electron chi connectivity index (χ4n) is 7.60. The maximum Gasteiger partial charge on any atom is 0.338 e. The molecule has 0 spiro atoms. The maximum absolute atomic E-state index is 13.0. The van der Waals surface area contributed by atoms with Crippen molar-refractivity contribution >= 4 is 33.6 Å². The van der Waals surface area contributed by atoms with E-state index >= 15 is 0 Å². The van der Waals surface area contributed by atoms with Gasteiger partial charge < -0.3 is 14.9 Å².